The monoisotopic (exact) mass is 777 g/mol. The second kappa shape index (κ2) is 19.4. The third kappa shape index (κ3) is 14.0. The number of allylic oxidation sites excluding steroid dienone is 1. The van der Waals surface area contributed by atoms with Crippen LogP contribution in [0, 0.1) is 16.2 Å². The summed E-state index contributed by atoms with van der Waals surface area (Å²) in [6.07, 6.45) is -14.8. The lowest BCUT2D eigenvalue weighted by molar-refractivity contribution is -0.221. The first-order valence-electron chi connectivity index (χ1n) is 15.5. The second-order valence-corrected chi connectivity index (χ2v) is 12.6. The van der Waals surface area contributed by atoms with Gasteiger partial charge in [-0.05, 0) is 51.1 Å². The van der Waals surface area contributed by atoms with Crippen molar-refractivity contribution < 1.29 is 68.9 Å². The molecule has 7 N–H and O–H groups in total. The smallest absolute Gasteiger partial charge is 0.407 e. The Bertz CT molecular complexity index is 1440. The van der Waals surface area contributed by atoms with E-state index in [0.29, 0.717) is 38.8 Å². The second-order valence-electron chi connectivity index (χ2n) is 12.6. The Balaban J connectivity index is 3.38. The number of hydrazine groups is 1. The summed E-state index contributed by atoms with van der Waals surface area (Å²) < 4.78 is 117. The summed E-state index contributed by atoms with van der Waals surface area (Å²) in [4.78, 5) is 49.9. The fourth-order valence-electron chi connectivity index (χ4n) is 4.24. The molecule has 0 aromatic heterocycles. The van der Waals surface area contributed by atoms with Gasteiger partial charge in [0.1, 0.15) is 12.1 Å². The summed E-state index contributed by atoms with van der Waals surface area (Å²) in [5, 5.41) is 27.8. The van der Waals surface area contributed by atoms with Crippen LogP contribution in [0.15, 0.2) is 36.5 Å². The largest absolute Gasteiger partial charge is 0.453 e. The first kappa shape index (κ1) is 46.3. The van der Waals surface area contributed by atoms with Crippen molar-refractivity contribution in [3.63, 3.8) is 0 Å². The average Bonchev–Trinajstić information content (AvgIpc) is 3.05. The Morgan fingerprint density at radius 3 is 1.74 bits per heavy atom. The minimum Gasteiger partial charge on any atom is -0.453 e. The fourth-order valence-corrected chi connectivity index (χ4v) is 4.24. The number of aliphatic hydroxyl groups excluding tert-OH is 1. The Kier molecular flexibility index (Phi) is 16.9. The number of alkyl halides is 8. The van der Waals surface area contributed by atoms with Crippen LogP contribution in [0.3, 0.4) is 0 Å². The van der Waals surface area contributed by atoms with E-state index in [1.54, 1.807) is 5.32 Å². The molecule has 14 nitrogen and oxygen atoms in total. The molecular formula is C31H43F8N7O7. The van der Waals surface area contributed by atoms with E-state index in [9.17, 15) is 59.4 Å². The standard InChI is InChI=1S/C31H43F8N7O7/c1-28(2,30(34,35)36)22(43-26(50)52-5)24(48)42-13-19(47)16-46(45-25(49)23(44-27(51)53-6)29(3,4)31(37,38)39)15-17-7-9-18(10-8-17)20(40)11-12-41-14-21(32)33/h7-12,19,21-23,40-41,47H,13-16H2,1-6H3,(H,42,48)(H,43,50)(H,44,51)(H,45,49)/b12-11-,40-20?/t19-,22?,23-/m1/s1. The lowest BCUT2D eigenvalue weighted by atomic mass is 9.83. The Hall–Kier alpha value is -4.73. The fraction of sp³-hybridized carbons (Fsp3) is 0.581. The first-order valence-corrected chi connectivity index (χ1v) is 15.5. The van der Waals surface area contributed by atoms with Crippen LogP contribution in [0.5, 0.6) is 0 Å². The van der Waals surface area contributed by atoms with E-state index in [2.05, 4.69) is 25.5 Å². The molecular weight excluding hydrogens is 734 g/mol. The van der Waals surface area contributed by atoms with Crippen molar-refractivity contribution in [2.24, 2.45) is 10.8 Å². The number of rotatable bonds is 18. The molecule has 53 heavy (non-hydrogen) atoms. The van der Waals surface area contributed by atoms with Gasteiger partial charge in [-0.3, -0.25) is 15.0 Å². The number of benzene rings is 1. The molecule has 0 radical (unpaired) electrons. The lowest BCUT2D eigenvalue weighted by Gasteiger charge is -2.37. The van der Waals surface area contributed by atoms with Gasteiger partial charge in [-0.2, -0.15) is 26.3 Å². The molecule has 0 heterocycles. The van der Waals surface area contributed by atoms with E-state index in [0.717, 1.165) is 25.4 Å². The molecule has 0 aliphatic heterocycles. The number of alkyl carbamates (subject to hydrolysis) is 2. The SMILES string of the molecule is COC(=O)NC(C(=O)NC[C@@H](O)CN(Cc1ccc(C(=N)/C=C\NCC(F)F)cc1)NC(=O)[C@@H](NC(=O)OC)C(C)(C)C(F)(F)F)C(C)(C)C(F)(F)F. The number of nitrogens with zero attached hydrogens (tertiary/aromatic N) is 1. The van der Waals surface area contributed by atoms with Crippen molar-refractivity contribution in [1.82, 2.24) is 31.7 Å². The van der Waals surface area contributed by atoms with Gasteiger partial charge in [-0.25, -0.2) is 23.4 Å². The zero-order chi connectivity index (χ0) is 40.9. The molecule has 0 spiro atoms. The molecule has 0 aliphatic rings. The molecule has 0 saturated carbocycles. The summed E-state index contributed by atoms with van der Waals surface area (Å²) in [6, 6.07) is 1.11. The number of ether oxygens (including phenoxy) is 2. The Morgan fingerprint density at radius 2 is 1.30 bits per heavy atom. The number of amides is 4. The lowest BCUT2D eigenvalue weighted by Crippen LogP contribution is -2.62. The maximum atomic E-state index is 14.0. The van der Waals surface area contributed by atoms with Gasteiger partial charge < -0.3 is 41.3 Å². The van der Waals surface area contributed by atoms with Gasteiger partial charge in [0.25, 0.3) is 12.3 Å². The van der Waals surface area contributed by atoms with Crippen molar-refractivity contribution in [3.05, 3.63) is 47.7 Å². The normalized spacial score (nSPS) is 14.3. The van der Waals surface area contributed by atoms with Crippen molar-refractivity contribution in [2.45, 2.75) is 71.2 Å². The maximum absolute atomic E-state index is 14.0. The number of hydrogen-bond donors (Lipinski definition) is 7. The van der Waals surface area contributed by atoms with Gasteiger partial charge in [-0.1, -0.05) is 24.3 Å². The van der Waals surface area contributed by atoms with Crippen LogP contribution in [-0.2, 0) is 25.6 Å². The molecule has 0 fully saturated rings. The average molecular weight is 778 g/mol. The maximum Gasteiger partial charge on any atom is 0.407 e. The topological polar surface area (TPSA) is 194 Å². The van der Waals surface area contributed by atoms with Gasteiger partial charge in [0.15, 0.2) is 0 Å². The van der Waals surface area contributed by atoms with Crippen LogP contribution in [0.1, 0.15) is 38.8 Å². The Labute approximate surface area is 299 Å². The Morgan fingerprint density at radius 1 is 0.830 bits per heavy atom. The van der Waals surface area contributed by atoms with E-state index in [1.165, 1.54) is 30.3 Å². The molecule has 1 aromatic rings. The van der Waals surface area contributed by atoms with E-state index in [-0.39, 0.29) is 12.3 Å². The van der Waals surface area contributed by atoms with Crippen LogP contribution in [0.4, 0.5) is 44.7 Å². The highest BCUT2D eigenvalue weighted by atomic mass is 19.4. The zero-order valence-electron chi connectivity index (χ0n) is 29.5. The van der Waals surface area contributed by atoms with E-state index >= 15 is 0 Å². The number of carbonyl (C=O) groups is 4. The van der Waals surface area contributed by atoms with Crippen molar-refractivity contribution >= 4 is 29.7 Å². The van der Waals surface area contributed by atoms with E-state index in [1.807, 2.05) is 5.32 Å². The zero-order valence-corrected chi connectivity index (χ0v) is 29.5. The minimum absolute atomic E-state index is 0.102. The summed E-state index contributed by atoms with van der Waals surface area (Å²) in [7, 11) is 1.70. The molecule has 1 rings (SSSR count). The van der Waals surface area contributed by atoms with Crippen molar-refractivity contribution in [2.75, 3.05) is 33.9 Å². The number of aliphatic hydroxyl groups is 1. The van der Waals surface area contributed by atoms with Crippen molar-refractivity contribution in [3.8, 4) is 0 Å². The molecule has 0 aliphatic carbocycles. The number of halogens is 8. The van der Waals surface area contributed by atoms with Gasteiger partial charge in [-0.15, -0.1) is 0 Å². The number of carbonyl (C=O) groups excluding carboxylic acids is 4. The van der Waals surface area contributed by atoms with Crippen LogP contribution < -0.4 is 26.7 Å². The van der Waals surface area contributed by atoms with Crippen molar-refractivity contribution in [1.29, 1.82) is 5.41 Å². The molecule has 1 aromatic carbocycles. The first-order chi connectivity index (χ1) is 24.3. The third-order valence-corrected chi connectivity index (χ3v) is 7.81. The molecule has 1 unspecified atom stereocenters. The third-order valence-electron chi connectivity index (χ3n) is 7.81. The van der Waals surface area contributed by atoms with Gasteiger partial charge in [0, 0.05) is 19.6 Å². The summed E-state index contributed by atoms with van der Waals surface area (Å²) in [5.74, 6) is -2.82. The number of hydrogen-bond acceptors (Lipinski definition) is 10. The predicted molar refractivity (Wildman–Crippen MR) is 172 cm³/mol. The highest BCUT2D eigenvalue weighted by Gasteiger charge is 2.57. The molecule has 22 heteroatoms. The van der Waals surface area contributed by atoms with Gasteiger partial charge in [0.2, 0.25) is 5.91 Å². The van der Waals surface area contributed by atoms with Gasteiger partial charge in [0.05, 0.1) is 43.4 Å². The minimum atomic E-state index is -5.05. The highest BCUT2D eigenvalue weighted by molar-refractivity contribution is 6.06. The van der Waals surface area contributed by atoms with Crippen LogP contribution in [0.25, 0.3) is 0 Å². The van der Waals surface area contributed by atoms with Crippen LogP contribution >= 0.6 is 0 Å². The number of nitrogens with one attached hydrogen (secondary N) is 6. The summed E-state index contributed by atoms with van der Waals surface area (Å²) >= 11 is 0. The molecule has 0 bridgehead atoms. The highest BCUT2D eigenvalue weighted by Crippen LogP contribution is 2.41. The number of methoxy groups -OCH3 is 2. The van der Waals surface area contributed by atoms with Crippen LogP contribution in [-0.4, -0.2) is 111 Å². The molecule has 0 saturated heterocycles. The molecule has 4 amide bonds. The van der Waals surface area contributed by atoms with Crippen LogP contribution in [0.2, 0.25) is 0 Å². The summed E-state index contributed by atoms with van der Waals surface area (Å²) in [5.41, 5.74) is -3.04. The van der Waals surface area contributed by atoms with E-state index in [4.69, 9.17) is 5.41 Å². The predicted octanol–water partition coefficient (Wildman–Crippen LogP) is 3.36. The van der Waals surface area contributed by atoms with Gasteiger partial charge >= 0.3 is 24.5 Å². The molecule has 300 valence electrons. The quantitative estimate of drug-likeness (QED) is 0.0665. The summed E-state index contributed by atoms with van der Waals surface area (Å²) in [6.45, 7) is 0.0384. The van der Waals surface area contributed by atoms with E-state index < -0.39 is 91.4 Å². The molecule has 3 atom stereocenters.